The first-order valence-corrected chi connectivity index (χ1v) is 6.61. The second-order valence-corrected chi connectivity index (χ2v) is 5.28. The predicted molar refractivity (Wildman–Crippen MR) is 75.3 cm³/mol. The van der Waals surface area contributed by atoms with Crippen molar-refractivity contribution in [2.24, 2.45) is 0 Å². The molecule has 0 amide bonds. The van der Waals surface area contributed by atoms with Crippen LogP contribution in [0.1, 0.15) is 10.4 Å². The lowest BCUT2D eigenvalue weighted by Gasteiger charge is -2.08. The number of benzene rings is 2. The predicted octanol–water partition coefficient (Wildman–Crippen LogP) is 4.70. The fraction of sp³-hybridized carbons (Fsp3) is 0. The Kier molecular flexibility index (Phi) is 4.04. The summed E-state index contributed by atoms with van der Waals surface area (Å²) in [5.41, 5.74) is 0.195. The molecular formula is C13H8Br2O3. The molecule has 18 heavy (non-hydrogen) atoms. The van der Waals surface area contributed by atoms with Gasteiger partial charge in [0.2, 0.25) is 0 Å². The lowest BCUT2D eigenvalue weighted by molar-refractivity contribution is 0.0696. The summed E-state index contributed by atoms with van der Waals surface area (Å²) >= 11 is 6.73. The van der Waals surface area contributed by atoms with Crippen molar-refractivity contribution in [1.29, 1.82) is 0 Å². The Morgan fingerprint density at radius 2 is 1.89 bits per heavy atom. The zero-order valence-corrected chi connectivity index (χ0v) is 12.2. The van der Waals surface area contributed by atoms with E-state index >= 15 is 0 Å². The van der Waals surface area contributed by atoms with Gasteiger partial charge in [0.25, 0.3) is 0 Å². The molecule has 0 atom stereocenters. The largest absolute Gasteiger partial charge is 0.478 e. The molecular weight excluding hydrogens is 364 g/mol. The summed E-state index contributed by atoms with van der Waals surface area (Å²) in [4.78, 5) is 10.8. The van der Waals surface area contributed by atoms with E-state index in [-0.39, 0.29) is 5.56 Å². The smallest absolute Gasteiger partial charge is 0.335 e. The SMILES string of the molecule is O=C(O)c1cccc(Oc2ccc(Br)cc2Br)c1. The highest BCUT2D eigenvalue weighted by atomic mass is 79.9. The molecule has 3 nitrogen and oxygen atoms in total. The molecule has 0 saturated carbocycles. The molecule has 2 aromatic rings. The Labute approximate surface area is 121 Å². The van der Waals surface area contributed by atoms with Crippen molar-refractivity contribution in [2.75, 3.05) is 0 Å². The van der Waals surface area contributed by atoms with Gasteiger partial charge < -0.3 is 9.84 Å². The van der Waals surface area contributed by atoms with E-state index in [1.165, 1.54) is 12.1 Å². The molecule has 1 N–H and O–H groups in total. The number of carboxylic acids is 1. The molecule has 0 aliphatic carbocycles. The van der Waals surface area contributed by atoms with Gasteiger partial charge in [0, 0.05) is 4.47 Å². The molecule has 0 spiro atoms. The van der Waals surface area contributed by atoms with Crippen LogP contribution >= 0.6 is 31.9 Å². The molecule has 5 heteroatoms. The van der Waals surface area contributed by atoms with Gasteiger partial charge in [0.1, 0.15) is 11.5 Å². The van der Waals surface area contributed by atoms with E-state index in [0.717, 1.165) is 8.95 Å². The summed E-state index contributed by atoms with van der Waals surface area (Å²) in [5, 5.41) is 8.90. The van der Waals surface area contributed by atoms with Gasteiger partial charge in [-0.15, -0.1) is 0 Å². The van der Waals surface area contributed by atoms with Crippen molar-refractivity contribution in [3.05, 3.63) is 57.0 Å². The van der Waals surface area contributed by atoms with Crippen LogP contribution in [0.3, 0.4) is 0 Å². The Bertz CT molecular complexity index is 597. The molecule has 0 fully saturated rings. The summed E-state index contributed by atoms with van der Waals surface area (Å²) < 4.78 is 7.34. The van der Waals surface area contributed by atoms with Crippen LogP contribution in [0.4, 0.5) is 0 Å². The minimum atomic E-state index is -0.977. The zero-order valence-electron chi connectivity index (χ0n) is 9.06. The van der Waals surface area contributed by atoms with Crippen LogP contribution in [-0.4, -0.2) is 11.1 Å². The van der Waals surface area contributed by atoms with Crippen LogP contribution in [0.15, 0.2) is 51.4 Å². The fourth-order valence-corrected chi connectivity index (χ4v) is 2.51. The standard InChI is InChI=1S/C13H8Br2O3/c14-9-4-5-12(11(15)7-9)18-10-3-1-2-8(6-10)13(16)17/h1-7H,(H,16,17). The minimum absolute atomic E-state index is 0.195. The van der Waals surface area contributed by atoms with Crippen LogP contribution in [0.2, 0.25) is 0 Å². The fourth-order valence-electron chi connectivity index (χ4n) is 1.38. The van der Waals surface area contributed by atoms with Gasteiger partial charge in [-0.25, -0.2) is 4.79 Å². The van der Waals surface area contributed by atoms with Gasteiger partial charge in [-0.05, 0) is 52.3 Å². The van der Waals surface area contributed by atoms with E-state index < -0.39 is 5.97 Å². The summed E-state index contributed by atoms with van der Waals surface area (Å²) in [5.74, 6) is 0.133. The average molecular weight is 372 g/mol. The third kappa shape index (κ3) is 3.11. The monoisotopic (exact) mass is 370 g/mol. The van der Waals surface area contributed by atoms with Crippen molar-refractivity contribution in [2.45, 2.75) is 0 Å². The number of hydrogen-bond donors (Lipinski definition) is 1. The molecule has 2 rings (SSSR count). The lowest BCUT2D eigenvalue weighted by Crippen LogP contribution is -1.96. The molecule has 0 heterocycles. The average Bonchev–Trinajstić information content (AvgIpc) is 2.33. The quantitative estimate of drug-likeness (QED) is 0.850. The van der Waals surface area contributed by atoms with Crippen LogP contribution < -0.4 is 4.74 Å². The number of carbonyl (C=O) groups is 1. The number of ether oxygens (including phenoxy) is 1. The van der Waals surface area contributed by atoms with E-state index in [9.17, 15) is 4.79 Å². The van der Waals surface area contributed by atoms with E-state index in [1.807, 2.05) is 12.1 Å². The third-order valence-corrected chi connectivity index (χ3v) is 3.32. The van der Waals surface area contributed by atoms with E-state index in [1.54, 1.807) is 18.2 Å². The molecule has 0 unspecified atom stereocenters. The van der Waals surface area contributed by atoms with E-state index in [4.69, 9.17) is 9.84 Å². The maximum absolute atomic E-state index is 10.8. The molecule has 0 aliphatic heterocycles. The maximum Gasteiger partial charge on any atom is 0.335 e. The molecule has 0 saturated heterocycles. The number of hydrogen-bond acceptors (Lipinski definition) is 2. The number of carboxylic acid groups (broad SMARTS) is 1. The Balaban J connectivity index is 2.28. The molecule has 2 aromatic carbocycles. The van der Waals surface area contributed by atoms with Gasteiger partial charge >= 0.3 is 5.97 Å². The molecule has 92 valence electrons. The second kappa shape index (κ2) is 5.54. The second-order valence-electron chi connectivity index (χ2n) is 3.51. The summed E-state index contributed by atoms with van der Waals surface area (Å²) in [7, 11) is 0. The highest BCUT2D eigenvalue weighted by Crippen LogP contribution is 2.32. The zero-order chi connectivity index (χ0) is 13.1. The van der Waals surface area contributed by atoms with Gasteiger partial charge in [-0.3, -0.25) is 0 Å². The third-order valence-electron chi connectivity index (χ3n) is 2.20. The highest BCUT2D eigenvalue weighted by molar-refractivity contribution is 9.11. The van der Waals surface area contributed by atoms with E-state index in [2.05, 4.69) is 31.9 Å². The van der Waals surface area contributed by atoms with Gasteiger partial charge in [-0.1, -0.05) is 22.0 Å². The first kappa shape index (κ1) is 13.1. The molecule has 0 radical (unpaired) electrons. The van der Waals surface area contributed by atoms with Crippen molar-refractivity contribution >= 4 is 37.8 Å². The maximum atomic E-state index is 10.8. The first-order valence-electron chi connectivity index (χ1n) is 5.02. The number of aromatic carboxylic acids is 1. The number of rotatable bonds is 3. The summed E-state index contributed by atoms with van der Waals surface area (Å²) in [6.45, 7) is 0. The Hall–Kier alpha value is -1.33. The topological polar surface area (TPSA) is 46.5 Å². The minimum Gasteiger partial charge on any atom is -0.478 e. The van der Waals surface area contributed by atoms with Crippen LogP contribution in [0, 0.1) is 0 Å². The highest BCUT2D eigenvalue weighted by Gasteiger charge is 2.06. The molecule has 0 aliphatic rings. The van der Waals surface area contributed by atoms with Gasteiger partial charge in [0.05, 0.1) is 10.0 Å². The van der Waals surface area contributed by atoms with Crippen LogP contribution in [0.5, 0.6) is 11.5 Å². The van der Waals surface area contributed by atoms with Crippen molar-refractivity contribution in [3.63, 3.8) is 0 Å². The lowest BCUT2D eigenvalue weighted by atomic mass is 10.2. The van der Waals surface area contributed by atoms with Crippen molar-refractivity contribution < 1.29 is 14.6 Å². The van der Waals surface area contributed by atoms with Crippen LogP contribution in [0.25, 0.3) is 0 Å². The summed E-state index contributed by atoms with van der Waals surface area (Å²) in [6.07, 6.45) is 0. The van der Waals surface area contributed by atoms with Crippen molar-refractivity contribution in [1.82, 2.24) is 0 Å². The van der Waals surface area contributed by atoms with Crippen molar-refractivity contribution in [3.8, 4) is 11.5 Å². The Morgan fingerprint density at radius 1 is 1.11 bits per heavy atom. The van der Waals surface area contributed by atoms with Crippen LogP contribution in [-0.2, 0) is 0 Å². The summed E-state index contributed by atoms with van der Waals surface area (Å²) in [6, 6.07) is 11.9. The van der Waals surface area contributed by atoms with Gasteiger partial charge in [0.15, 0.2) is 0 Å². The van der Waals surface area contributed by atoms with Gasteiger partial charge in [-0.2, -0.15) is 0 Å². The molecule has 0 aromatic heterocycles. The molecule has 0 bridgehead atoms. The Morgan fingerprint density at radius 3 is 2.56 bits per heavy atom. The first-order chi connectivity index (χ1) is 8.56. The number of halogens is 2. The van der Waals surface area contributed by atoms with E-state index in [0.29, 0.717) is 11.5 Å². The normalized spacial score (nSPS) is 10.1.